The lowest BCUT2D eigenvalue weighted by atomic mass is 10.1. The van der Waals surface area contributed by atoms with Crippen LogP contribution in [-0.4, -0.2) is 5.91 Å². The minimum Gasteiger partial charge on any atom is -0.399 e. The molecule has 0 unspecified atom stereocenters. The minimum absolute atomic E-state index is 0. The van der Waals surface area contributed by atoms with Crippen LogP contribution in [0.2, 0.25) is 0 Å². The topological polar surface area (TPSA) is 55.1 Å². The molecule has 0 aromatic heterocycles. The summed E-state index contributed by atoms with van der Waals surface area (Å²) in [5.74, 6) is 0.0559. The van der Waals surface area contributed by atoms with Gasteiger partial charge in [-0.05, 0) is 37.1 Å². The SMILES string of the molecule is CCCC(=O)Nc1ccc(N)cc1C.Cl. The van der Waals surface area contributed by atoms with Gasteiger partial charge in [-0.1, -0.05) is 6.92 Å². The number of aryl methyl sites for hydroxylation is 1. The fraction of sp³-hybridized carbons (Fsp3) is 0.364. The van der Waals surface area contributed by atoms with Crippen molar-refractivity contribution >= 4 is 29.7 Å². The summed E-state index contributed by atoms with van der Waals surface area (Å²) in [7, 11) is 0. The van der Waals surface area contributed by atoms with Crippen molar-refractivity contribution in [3.63, 3.8) is 0 Å². The van der Waals surface area contributed by atoms with Gasteiger partial charge in [0.1, 0.15) is 0 Å². The molecule has 3 nitrogen and oxygen atoms in total. The number of nitrogens with two attached hydrogens (primary N) is 1. The van der Waals surface area contributed by atoms with E-state index in [1.54, 1.807) is 6.07 Å². The lowest BCUT2D eigenvalue weighted by Crippen LogP contribution is -2.11. The van der Waals surface area contributed by atoms with E-state index in [-0.39, 0.29) is 18.3 Å². The normalized spacial score (nSPS) is 9.20. The van der Waals surface area contributed by atoms with Crippen LogP contribution in [-0.2, 0) is 4.79 Å². The third kappa shape index (κ3) is 4.21. The molecule has 1 rings (SSSR count). The summed E-state index contributed by atoms with van der Waals surface area (Å²) in [6, 6.07) is 5.47. The molecule has 0 bridgehead atoms. The van der Waals surface area contributed by atoms with Crippen molar-refractivity contribution in [3.8, 4) is 0 Å². The highest BCUT2D eigenvalue weighted by atomic mass is 35.5. The number of amides is 1. The third-order valence-corrected chi connectivity index (χ3v) is 2.00. The van der Waals surface area contributed by atoms with Crippen LogP contribution in [0, 0.1) is 6.92 Å². The highest BCUT2D eigenvalue weighted by Crippen LogP contribution is 2.17. The van der Waals surface area contributed by atoms with Gasteiger partial charge in [0.25, 0.3) is 0 Å². The zero-order chi connectivity index (χ0) is 10.6. The molecule has 0 radical (unpaired) electrons. The molecule has 0 saturated heterocycles. The Labute approximate surface area is 96.5 Å². The molecule has 1 aromatic carbocycles. The van der Waals surface area contributed by atoms with Crippen LogP contribution in [0.15, 0.2) is 18.2 Å². The third-order valence-electron chi connectivity index (χ3n) is 2.00. The first kappa shape index (κ1) is 13.8. The number of carbonyl (C=O) groups excluding carboxylic acids is 1. The van der Waals surface area contributed by atoms with Crippen LogP contribution < -0.4 is 11.1 Å². The first-order valence-corrected chi connectivity index (χ1v) is 4.79. The Hall–Kier alpha value is -1.22. The number of carbonyl (C=O) groups is 1. The smallest absolute Gasteiger partial charge is 0.224 e. The molecular weight excluding hydrogens is 212 g/mol. The lowest BCUT2D eigenvalue weighted by Gasteiger charge is -2.08. The van der Waals surface area contributed by atoms with E-state index < -0.39 is 0 Å². The van der Waals surface area contributed by atoms with Gasteiger partial charge in [0, 0.05) is 17.8 Å². The molecule has 0 atom stereocenters. The van der Waals surface area contributed by atoms with Crippen molar-refractivity contribution in [1.82, 2.24) is 0 Å². The van der Waals surface area contributed by atoms with Gasteiger partial charge in [-0.2, -0.15) is 0 Å². The number of nitrogens with one attached hydrogen (secondary N) is 1. The van der Waals surface area contributed by atoms with E-state index in [9.17, 15) is 4.79 Å². The van der Waals surface area contributed by atoms with Crippen molar-refractivity contribution in [1.29, 1.82) is 0 Å². The Morgan fingerprint density at radius 3 is 2.67 bits per heavy atom. The van der Waals surface area contributed by atoms with E-state index in [4.69, 9.17) is 5.73 Å². The van der Waals surface area contributed by atoms with E-state index in [1.807, 2.05) is 26.0 Å². The maximum Gasteiger partial charge on any atom is 0.224 e. The average molecular weight is 229 g/mol. The number of hydrogen-bond donors (Lipinski definition) is 2. The van der Waals surface area contributed by atoms with E-state index in [1.165, 1.54) is 0 Å². The second-order valence-corrected chi connectivity index (χ2v) is 3.37. The number of rotatable bonds is 3. The number of benzene rings is 1. The molecule has 0 saturated carbocycles. The molecular formula is C11H17ClN2O. The van der Waals surface area contributed by atoms with Crippen LogP contribution in [0.1, 0.15) is 25.3 Å². The second-order valence-electron chi connectivity index (χ2n) is 3.37. The van der Waals surface area contributed by atoms with Gasteiger partial charge >= 0.3 is 0 Å². The highest BCUT2D eigenvalue weighted by Gasteiger charge is 2.03. The predicted octanol–water partition coefficient (Wildman–Crippen LogP) is 2.74. The Morgan fingerprint density at radius 1 is 1.47 bits per heavy atom. The van der Waals surface area contributed by atoms with Crippen LogP contribution in [0.3, 0.4) is 0 Å². The summed E-state index contributed by atoms with van der Waals surface area (Å²) in [6.45, 7) is 3.91. The molecule has 1 aromatic rings. The standard InChI is InChI=1S/C11H16N2O.ClH/c1-3-4-11(14)13-10-6-5-9(12)7-8(10)2;/h5-7H,3-4,12H2,1-2H3,(H,13,14);1H. The molecule has 0 aliphatic rings. The average Bonchev–Trinajstić information content (AvgIpc) is 2.10. The molecule has 3 N–H and O–H groups in total. The molecule has 1 amide bonds. The lowest BCUT2D eigenvalue weighted by molar-refractivity contribution is -0.116. The number of anilines is 2. The molecule has 15 heavy (non-hydrogen) atoms. The first-order valence-electron chi connectivity index (χ1n) is 4.79. The quantitative estimate of drug-likeness (QED) is 0.782. The van der Waals surface area contributed by atoms with Crippen LogP contribution in [0.25, 0.3) is 0 Å². The summed E-state index contributed by atoms with van der Waals surface area (Å²) >= 11 is 0. The zero-order valence-electron chi connectivity index (χ0n) is 9.04. The molecule has 0 aliphatic carbocycles. The van der Waals surface area contributed by atoms with Gasteiger partial charge in [0.2, 0.25) is 5.91 Å². The summed E-state index contributed by atoms with van der Waals surface area (Å²) in [5.41, 5.74) is 8.16. The Bertz CT molecular complexity index is 339. The number of halogens is 1. The summed E-state index contributed by atoms with van der Waals surface area (Å²) in [4.78, 5) is 11.3. The molecule has 4 heteroatoms. The Morgan fingerprint density at radius 2 is 2.13 bits per heavy atom. The van der Waals surface area contributed by atoms with Crippen molar-refractivity contribution in [2.24, 2.45) is 0 Å². The van der Waals surface area contributed by atoms with Crippen molar-refractivity contribution < 1.29 is 4.79 Å². The van der Waals surface area contributed by atoms with Gasteiger partial charge in [-0.3, -0.25) is 4.79 Å². The summed E-state index contributed by atoms with van der Waals surface area (Å²) < 4.78 is 0. The summed E-state index contributed by atoms with van der Waals surface area (Å²) in [6.07, 6.45) is 1.42. The minimum atomic E-state index is 0. The highest BCUT2D eigenvalue weighted by molar-refractivity contribution is 5.91. The predicted molar refractivity (Wildman–Crippen MR) is 66.4 cm³/mol. The van der Waals surface area contributed by atoms with Crippen molar-refractivity contribution in [2.45, 2.75) is 26.7 Å². The van der Waals surface area contributed by atoms with Gasteiger partial charge < -0.3 is 11.1 Å². The summed E-state index contributed by atoms with van der Waals surface area (Å²) in [5, 5.41) is 2.84. The maximum absolute atomic E-state index is 11.3. The van der Waals surface area contributed by atoms with Gasteiger partial charge in [0.05, 0.1) is 0 Å². The van der Waals surface area contributed by atoms with E-state index in [2.05, 4.69) is 5.32 Å². The van der Waals surface area contributed by atoms with Crippen LogP contribution >= 0.6 is 12.4 Å². The van der Waals surface area contributed by atoms with Gasteiger partial charge in [-0.25, -0.2) is 0 Å². The number of nitrogen functional groups attached to an aromatic ring is 1. The Balaban J connectivity index is 0.00000196. The van der Waals surface area contributed by atoms with E-state index >= 15 is 0 Å². The molecule has 84 valence electrons. The zero-order valence-corrected chi connectivity index (χ0v) is 9.86. The Kier molecular flexibility index (Phi) is 5.79. The molecule has 0 fully saturated rings. The second kappa shape index (κ2) is 6.30. The monoisotopic (exact) mass is 228 g/mol. The largest absolute Gasteiger partial charge is 0.399 e. The molecule has 0 aliphatic heterocycles. The molecule has 0 heterocycles. The van der Waals surface area contributed by atoms with Crippen molar-refractivity contribution in [2.75, 3.05) is 11.1 Å². The van der Waals surface area contributed by atoms with Gasteiger partial charge in [-0.15, -0.1) is 12.4 Å². The first-order chi connectivity index (χ1) is 6.63. The molecule has 0 spiro atoms. The fourth-order valence-corrected chi connectivity index (χ4v) is 1.27. The van der Waals surface area contributed by atoms with E-state index in [0.717, 1.165) is 23.4 Å². The fourth-order valence-electron chi connectivity index (χ4n) is 1.27. The van der Waals surface area contributed by atoms with Gasteiger partial charge in [0.15, 0.2) is 0 Å². The van der Waals surface area contributed by atoms with Crippen LogP contribution in [0.5, 0.6) is 0 Å². The van der Waals surface area contributed by atoms with Crippen molar-refractivity contribution in [3.05, 3.63) is 23.8 Å². The van der Waals surface area contributed by atoms with Crippen LogP contribution in [0.4, 0.5) is 11.4 Å². The number of hydrogen-bond acceptors (Lipinski definition) is 2. The van der Waals surface area contributed by atoms with E-state index in [0.29, 0.717) is 6.42 Å². The maximum atomic E-state index is 11.3.